The lowest BCUT2D eigenvalue weighted by Crippen LogP contribution is -2.20. The lowest BCUT2D eigenvalue weighted by atomic mass is 10.1. The first-order valence-electron chi connectivity index (χ1n) is 8.34. The number of aromatic nitrogens is 3. The van der Waals surface area contributed by atoms with E-state index in [1.165, 1.54) is 13.1 Å². The van der Waals surface area contributed by atoms with Crippen molar-refractivity contribution in [2.45, 2.75) is 11.8 Å². The van der Waals surface area contributed by atoms with Crippen LogP contribution in [-0.2, 0) is 17.1 Å². The minimum atomic E-state index is -3.62. The molecule has 1 N–H and O–H groups in total. The molecule has 8 heteroatoms. The van der Waals surface area contributed by atoms with Gasteiger partial charge in [-0.2, -0.15) is 5.10 Å². The van der Waals surface area contributed by atoms with Crippen molar-refractivity contribution in [1.82, 2.24) is 19.1 Å². The number of aryl methyl sites for hydroxylation is 2. The maximum absolute atomic E-state index is 13.2. The van der Waals surface area contributed by atoms with Crippen LogP contribution in [0.15, 0.2) is 58.4 Å². The number of sulfonamides is 1. The topological polar surface area (TPSA) is 86.0 Å². The minimum Gasteiger partial charge on any atom is -0.276 e. The van der Waals surface area contributed by atoms with E-state index in [0.717, 1.165) is 5.56 Å². The Hall–Kier alpha value is -2.97. The Morgan fingerprint density at radius 1 is 1.04 bits per heavy atom. The highest BCUT2D eigenvalue weighted by molar-refractivity contribution is 7.89. The molecule has 0 fully saturated rings. The summed E-state index contributed by atoms with van der Waals surface area (Å²) in [7, 11) is -0.521. The molecule has 2 heterocycles. The second-order valence-electron chi connectivity index (χ2n) is 6.43. The van der Waals surface area contributed by atoms with E-state index in [1.54, 1.807) is 34.6 Å². The summed E-state index contributed by atoms with van der Waals surface area (Å²) in [6, 6.07) is 12.3. The average Bonchev–Trinajstić information content (AvgIpc) is 3.05. The fraction of sp³-hybridized carbons (Fsp3) is 0.158. The first-order valence-corrected chi connectivity index (χ1v) is 9.83. The first kappa shape index (κ1) is 17.4. The van der Waals surface area contributed by atoms with Gasteiger partial charge in [-0.25, -0.2) is 13.1 Å². The molecule has 0 amide bonds. The molecule has 2 aromatic heterocycles. The van der Waals surface area contributed by atoms with Crippen molar-refractivity contribution in [2.24, 2.45) is 7.05 Å². The van der Waals surface area contributed by atoms with Gasteiger partial charge >= 0.3 is 0 Å². The second-order valence-corrected chi connectivity index (χ2v) is 8.31. The van der Waals surface area contributed by atoms with E-state index in [0.29, 0.717) is 27.5 Å². The normalized spacial score (nSPS) is 12.1. The number of hydrogen-bond acceptors (Lipinski definition) is 4. The van der Waals surface area contributed by atoms with Crippen LogP contribution in [0.25, 0.3) is 27.5 Å². The molecule has 0 saturated carbocycles. The Labute approximate surface area is 155 Å². The summed E-state index contributed by atoms with van der Waals surface area (Å²) in [4.78, 5) is 13.3. The van der Waals surface area contributed by atoms with Gasteiger partial charge in [-0.05, 0) is 44.3 Å². The van der Waals surface area contributed by atoms with Crippen molar-refractivity contribution in [3.05, 3.63) is 64.6 Å². The molecule has 0 unspecified atom stereocenters. The number of nitrogens with zero attached hydrogens (tertiary/aromatic N) is 3. The molecule has 2 aromatic carbocycles. The molecule has 0 saturated heterocycles. The number of pyridine rings is 1. The predicted octanol–water partition coefficient (Wildman–Crippen LogP) is 2.09. The van der Waals surface area contributed by atoms with Crippen LogP contribution in [-0.4, -0.2) is 29.8 Å². The van der Waals surface area contributed by atoms with Crippen LogP contribution in [0, 0.1) is 6.92 Å². The fourth-order valence-corrected chi connectivity index (χ4v) is 3.96. The van der Waals surface area contributed by atoms with Gasteiger partial charge in [0.05, 0.1) is 15.8 Å². The summed E-state index contributed by atoms with van der Waals surface area (Å²) in [6.07, 6.45) is 1.65. The third-order valence-corrected chi connectivity index (χ3v) is 6.01. The van der Waals surface area contributed by atoms with Crippen LogP contribution in [0.1, 0.15) is 5.56 Å². The Bertz CT molecular complexity index is 1350. The van der Waals surface area contributed by atoms with E-state index >= 15 is 0 Å². The van der Waals surface area contributed by atoms with Gasteiger partial charge in [-0.1, -0.05) is 17.7 Å². The van der Waals surface area contributed by atoms with Crippen LogP contribution >= 0.6 is 0 Å². The SMILES string of the molecule is CNS(=O)(=O)c1ccc2c(c1)c1nn(C)cc1c(=O)n2-c1ccc(C)cc1. The molecule has 0 aliphatic rings. The number of nitrogens with one attached hydrogen (secondary N) is 1. The predicted molar refractivity (Wildman–Crippen MR) is 105 cm³/mol. The molecule has 0 bridgehead atoms. The zero-order valence-electron chi connectivity index (χ0n) is 15.1. The average molecular weight is 382 g/mol. The van der Waals surface area contributed by atoms with Crippen LogP contribution < -0.4 is 10.3 Å². The Kier molecular flexibility index (Phi) is 3.90. The Balaban J connectivity index is 2.18. The third-order valence-electron chi connectivity index (χ3n) is 4.60. The van der Waals surface area contributed by atoms with Crippen LogP contribution in [0.5, 0.6) is 0 Å². The van der Waals surface area contributed by atoms with E-state index in [2.05, 4.69) is 9.82 Å². The molecule has 27 heavy (non-hydrogen) atoms. The third kappa shape index (κ3) is 2.73. The molecule has 0 atom stereocenters. The Morgan fingerprint density at radius 2 is 1.74 bits per heavy atom. The number of fused-ring (bicyclic) bond motifs is 3. The van der Waals surface area contributed by atoms with Gasteiger partial charge in [-0.3, -0.25) is 14.0 Å². The summed E-state index contributed by atoms with van der Waals surface area (Å²) in [5.41, 5.74) is 2.68. The summed E-state index contributed by atoms with van der Waals surface area (Å²) < 4.78 is 29.9. The fourth-order valence-electron chi connectivity index (χ4n) is 3.21. The quantitative estimate of drug-likeness (QED) is 0.588. The smallest absolute Gasteiger partial charge is 0.266 e. The summed E-state index contributed by atoms with van der Waals surface area (Å²) >= 11 is 0. The van der Waals surface area contributed by atoms with Gasteiger partial charge in [0.25, 0.3) is 5.56 Å². The molecule has 4 aromatic rings. The second kappa shape index (κ2) is 6.04. The summed E-state index contributed by atoms with van der Waals surface area (Å²) in [6.45, 7) is 1.98. The van der Waals surface area contributed by atoms with Gasteiger partial charge in [-0.15, -0.1) is 0 Å². The van der Waals surface area contributed by atoms with E-state index in [1.807, 2.05) is 31.2 Å². The van der Waals surface area contributed by atoms with Crippen molar-refractivity contribution in [1.29, 1.82) is 0 Å². The lowest BCUT2D eigenvalue weighted by molar-refractivity contribution is 0.588. The molecule has 138 valence electrons. The molecule has 4 rings (SSSR count). The number of benzene rings is 2. The van der Waals surface area contributed by atoms with Gasteiger partial charge in [0.1, 0.15) is 5.52 Å². The molecule has 0 aliphatic heterocycles. The van der Waals surface area contributed by atoms with Crippen molar-refractivity contribution in [2.75, 3.05) is 7.05 Å². The monoisotopic (exact) mass is 382 g/mol. The molecule has 0 radical (unpaired) electrons. The molecule has 7 nitrogen and oxygen atoms in total. The highest BCUT2D eigenvalue weighted by atomic mass is 32.2. The van der Waals surface area contributed by atoms with Gasteiger partial charge < -0.3 is 0 Å². The summed E-state index contributed by atoms with van der Waals surface area (Å²) in [5, 5.41) is 5.42. The number of hydrogen-bond donors (Lipinski definition) is 1. The molecular formula is C19H18N4O3S. The van der Waals surface area contributed by atoms with Crippen LogP contribution in [0.2, 0.25) is 0 Å². The highest BCUT2D eigenvalue weighted by Gasteiger charge is 2.18. The highest BCUT2D eigenvalue weighted by Crippen LogP contribution is 2.26. The van der Waals surface area contributed by atoms with Crippen molar-refractivity contribution >= 4 is 31.8 Å². The van der Waals surface area contributed by atoms with Gasteiger partial charge in [0.15, 0.2) is 0 Å². The van der Waals surface area contributed by atoms with Crippen LogP contribution in [0.4, 0.5) is 0 Å². The van der Waals surface area contributed by atoms with E-state index < -0.39 is 10.0 Å². The van der Waals surface area contributed by atoms with Crippen molar-refractivity contribution < 1.29 is 8.42 Å². The van der Waals surface area contributed by atoms with E-state index in [9.17, 15) is 13.2 Å². The lowest BCUT2D eigenvalue weighted by Gasteiger charge is -2.12. The zero-order valence-corrected chi connectivity index (χ0v) is 15.9. The van der Waals surface area contributed by atoms with E-state index in [4.69, 9.17) is 0 Å². The van der Waals surface area contributed by atoms with Gasteiger partial charge in [0, 0.05) is 24.3 Å². The minimum absolute atomic E-state index is 0.124. The van der Waals surface area contributed by atoms with Crippen LogP contribution in [0.3, 0.4) is 0 Å². The zero-order chi connectivity index (χ0) is 19.3. The molecular weight excluding hydrogens is 364 g/mol. The largest absolute Gasteiger partial charge is 0.276 e. The standard InChI is InChI=1S/C19H18N4O3S/c1-12-4-6-13(7-5-12)23-17-9-8-14(27(25,26)20-2)10-15(17)18-16(19(23)24)11-22(3)21-18/h4-11,20H,1-3H3. The molecule has 0 spiro atoms. The maximum Gasteiger partial charge on any atom is 0.266 e. The van der Waals surface area contributed by atoms with Crippen molar-refractivity contribution in [3.8, 4) is 5.69 Å². The summed E-state index contributed by atoms with van der Waals surface area (Å²) in [5.74, 6) is 0. The van der Waals surface area contributed by atoms with Gasteiger partial charge in [0.2, 0.25) is 10.0 Å². The number of rotatable bonds is 3. The maximum atomic E-state index is 13.2. The Morgan fingerprint density at radius 3 is 2.41 bits per heavy atom. The molecule has 0 aliphatic carbocycles. The van der Waals surface area contributed by atoms with Crippen molar-refractivity contribution in [3.63, 3.8) is 0 Å². The van der Waals surface area contributed by atoms with E-state index in [-0.39, 0.29) is 10.5 Å². The first-order chi connectivity index (χ1) is 12.8.